The third-order valence-electron chi connectivity index (χ3n) is 15.7. The van der Waals surface area contributed by atoms with Crippen LogP contribution in [0.2, 0.25) is 0 Å². The van der Waals surface area contributed by atoms with Gasteiger partial charge in [0.15, 0.2) is 0 Å². The summed E-state index contributed by atoms with van der Waals surface area (Å²) in [5.41, 5.74) is 8.67. The zero-order valence-corrected chi connectivity index (χ0v) is 44.4. The number of hydrogen-bond acceptors (Lipinski definition) is 7. The van der Waals surface area contributed by atoms with Gasteiger partial charge in [0.2, 0.25) is 11.8 Å². The molecule has 396 valence electrons. The third-order valence-corrected chi connectivity index (χ3v) is 16.7. The second kappa shape index (κ2) is 22.0. The fourth-order valence-electron chi connectivity index (χ4n) is 11.3. The van der Waals surface area contributed by atoms with E-state index in [4.69, 9.17) is 9.31 Å². The molecule has 2 amide bonds. The molecule has 11 rings (SSSR count). The molecular weight excluding hydrogens is 949 g/mol. The number of benzene rings is 4. The number of amides is 2. The van der Waals surface area contributed by atoms with E-state index in [-0.39, 0.29) is 62.6 Å². The lowest BCUT2D eigenvalue weighted by Gasteiger charge is -2.46. The fourth-order valence-corrected chi connectivity index (χ4v) is 11.8. The molecule has 1 fully saturated rings. The number of nitrogens with one attached hydrogen (secondary N) is 2. The lowest BCUT2D eigenvalue weighted by molar-refractivity contribution is -0.115. The molecule has 7 aliphatic rings. The van der Waals surface area contributed by atoms with Gasteiger partial charge in [-0.1, -0.05) is 108 Å². The van der Waals surface area contributed by atoms with E-state index in [1.165, 1.54) is 41.7 Å². The summed E-state index contributed by atoms with van der Waals surface area (Å²) >= 11 is 0. The third kappa shape index (κ3) is 11.9. The molecule has 0 spiro atoms. The number of aryl methyl sites for hydroxylation is 2. The van der Waals surface area contributed by atoms with Crippen molar-refractivity contribution in [1.82, 2.24) is 0 Å². The summed E-state index contributed by atoms with van der Waals surface area (Å²) in [6.45, 7) is 28.6. The van der Waals surface area contributed by atoms with E-state index in [9.17, 15) is 31.2 Å². The van der Waals surface area contributed by atoms with Gasteiger partial charge in [0.05, 0.1) is 11.2 Å². The second-order valence-electron chi connectivity index (χ2n) is 21.9. The van der Waals surface area contributed by atoms with Crippen molar-refractivity contribution in [2.75, 3.05) is 10.6 Å². The SMILES string of the molecule is C.C.CC(=O)Nc1ccc(-c2ccc(C)c3c2C2CC(C(C)C)C3C=C2C)cc1.CC(=O)Nc1ccc(B2OC(C)(C)C(C)(C)O2)cc1.CC1=CC2c3c(C)ccc(OS(=O)(=O)C(F)(F)F)c3C1CC2C(C)C. The van der Waals surface area contributed by atoms with E-state index in [0.29, 0.717) is 35.2 Å². The van der Waals surface area contributed by atoms with E-state index < -0.39 is 15.6 Å². The number of halogens is 3. The number of alkyl halides is 3. The molecule has 6 aliphatic carbocycles. The van der Waals surface area contributed by atoms with Crippen LogP contribution in [0.15, 0.2) is 96.1 Å². The number of hydrogen-bond donors (Lipinski definition) is 2. The van der Waals surface area contributed by atoms with Gasteiger partial charge in [-0.25, -0.2) is 0 Å². The summed E-state index contributed by atoms with van der Waals surface area (Å²) in [5.74, 6) is 2.99. The van der Waals surface area contributed by atoms with Crippen LogP contribution in [0.3, 0.4) is 0 Å². The molecule has 1 saturated heterocycles. The average Bonchev–Trinajstić information content (AvgIpc) is 3.50. The van der Waals surface area contributed by atoms with Gasteiger partial charge in [-0.2, -0.15) is 21.6 Å². The van der Waals surface area contributed by atoms with Gasteiger partial charge in [0, 0.05) is 54.5 Å². The van der Waals surface area contributed by atoms with Crippen LogP contribution in [0.25, 0.3) is 11.1 Å². The highest BCUT2D eigenvalue weighted by Gasteiger charge is 2.52. The van der Waals surface area contributed by atoms with Gasteiger partial charge < -0.3 is 24.1 Å². The standard InChI is InChI=1S/C25H29NO.C18H21F3O3S.C14H20BNO3.2CH4/c1-14(2)21-13-22-16(4)12-23(21)24-15(3)6-11-20(25(22)24)18-7-9-19(10-8-18)26-17(5)27;1-9(2)12-8-13-11(4)7-14(12)16-10(3)5-6-15(17(13)16)24-25(22,23)18(19,20)21;1-10(17)16-12-8-6-11(7-9-12)15-18-13(2,3)14(4,5)19-15;;/h6-12,14,21-23H,13H2,1-5H3,(H,26,27);5-7,9,12-14H,8H2,1-4H3;6-9H,1-5H3,(H,16,17);2*1H4. The average molecular weight is 1030 g/mol. The number of rotatable bonds is 8. The largest absolute Gasteiger partial charge is 0.534 e. The molecule has 2 N–H and O–H groups in total. The molecule has 6 unspecified atom stereocenters. The van der Waals surface area contributed by atoms with E-state index in [1.807, 2.05) is 77.9 Å². The highest BCUT2D eigenvalue weighted by molar-refractivity contribution is 7.88. The maximum absolute atomic E-state index is 12.7. The Bertz CT molecular complexity index is 2840. The molecule has 9 nitrogen and oxygen atoms in total. The van der Waals surface area contributed by atoms with E-state index >= 15 is 0 Å². The lowest BCUT2D eigenvalue weighted by atomic mass is 9.58. The molecule has 0 radical (unpaired) electrons. The summed E-state index contributed by atoms with van der Waals surface area (Å²) in [6.07, 6.45) is 6.77. The Morgan fingerprint density at radius 2 is 1.05 bits per heavy atom. The minimum atomic E-state index is -5.68. The van der Waals surface area contributed by atoms with Crippen molar-refractivity contribution in [3.63, 3.8) is 0 Å². The Balaban J connectivity index is 0.000000203. The maximum atomic E-state index is 12.7. The minimum absolute atomic E-state index is 0. The monoisotopic (exact) mass is 1030 g/mol. The molecule has 1 aliphatic heterocycles. The summed E-state index contributed by atoms with van der Waals surface area (Å²) in [6, 6.07) is 23.4. The molecule has 0 saturated carbocycles. The first-order chi connectivity index (χ1) is 33.0. The van der Waals surface area contributed by atoms with Gasteiger partial charge in [-0.3, -0.25) is 9.59 Å². The second-order valence-corrected chi connectivity index (χ2v) is 23.4. The molecule has 4 aromatic carbocycles. The highest BCUT2D eigenvalue weighted by atomic mass is 32.2. The Kier molecular flexibility index (Phi) is 17.7. The minimum Gasteiger partial charge on any atom is -0.399 e. The predicted molar refractivity (Wildman–Crippen MR) is 292 cm³/mol. The summed E-state index contributed by atoms with van der Waals surface area (Å²) < 4.78 is 77.7. The summed E-state index contributed by atoms with van der Waals surface area (Å²) in [4.78, 5) is 22.3. The van der Waals surface area contributed by atoms with Gasteiger partial charge in [-0.05, 0) is 167 Å². The molecular formula is C59H78BF3N2O7S. The Hall–Kier alpha value is -5.18. The topological polar surface area (TPSA) is 120 Å². The lowest BCUT2D eigenvalue weighted by Crippen LogP contribution is -2.41. The predicted octanol–water partition coefficient (Wildman–Crippen LogP) is 14.7. The van der Waals surface area contributed by atoms with E-state index in [1.54, 1.807) is 24.1 Å². The van der Waals surface area contributed by atoms with Crippen LogP contribution in [0, 0.1) is 37.5 Å². The van der Waals surface area contributed by atoms with Crippen LogP contribution in [-0.2, 0) is 29.0 Å². The van der Waals surface area contributed by atoms with Crippen LogP contribution in [0.4, 0.5) is 24.5 Å². The molecule has 4 aromatic rings. The summed E-state index contributed by atoms with van der Waals surface area (Å²) in [5, 5.41) is 5.59. The molecule has 6 atom stereocenters. The van der Waals surface area contributed by atoms with Crippen molar-refractivity contribution < 1.29 is 44.7 Å². The Morgan fingerprint density at radius 3 is 1.48 bits per heavy atom. The quantitative estimate of drug-likeness (QED) is 0.0780. The van der Waals surface area contributed by atoms with Crippen LogP contribution >= 0.6 is 0 Å². The zero-order chi connectivity index (χ0) is 52.3. The first-order valence-electron chi connectivity index (χ1n) is 24.8. The maximum Gasteiger partial charge on any atom is 0.534 e. The number of fused-ring (bicyclic) bond motifs is 2. The van der Waals surface area contributed by atoms with Crippen molar-refractivity contribution in [2.45, 2.75) is 165 Å². The normalized spacial score (nSPS) is 22.7. The Morgan fingerprint density at radius 1 is 0.644 bits per heavy atom. The molecule has 4 bridgehead atoms. The van der Waals surface area contributed by atoms with E-state index in [0.717, 1.165) is 45.9 Å². The van der Waals surface area contributed by atoms with Crippen molar-refractivity contribution in [2.24, 2.45) is 23.7 Å². The van der Waals surface area contributed by atoms with E-state index in [2.05, 4.69) is 92.8 Å². The molecule has 73 heavy (non-hydrogen) atoms. The first-order valence-corrected chi connectivity index (χ1v) is 26.2. The smallest absolute Gasteiger partial charge is 0.399 e. The van der Waals surface area contributed by atoms with Gasteiger partial charge >= 0.3 is 22.7 Å². The molecule has 14 heteroatoms. The van der Waals surface area contributed by atoms with Crippen LogP contribution in [0.1, 0.15) is 168 Å². The number of anilines is 2. The summed E-state index contributed by atoms with van der Waals surface area (Å²) in [7, 11) is -6.05. The van der Waals surface area contributed by atoms with Gasteiger partial charge in [-0.15, -0.1) is 0 Å². The molecule has 0 aromatic heterocycles. The van der Waals surface area contributed by atoms with Gasteiger partial charge in [0.1, 0.15) is 5.75 Å². The number of allylic oxidation sites excluding steroid dienone is 4. The van der Waals surface area contributed by atoms with Crippen LogP contribution in [-0.4, -0.2) is 44.1 Å². The van der Waals surface area contributed by atoms with Crippen molar-refractivity contribution in [3.05, 3.63) is 129 Å². The van der Waals surface area contributed by atoms with Crippen LogP contribution < -0.4 is 20.3 Å². The first kappa shape index (κ1) is 58.7. The number of carbonyl (C=O) groups is 2. The molecule has 1 heterocycles. The van der Waals surface area contributed by atoms with Crippen LogP contribution in [0.5, 0.6) is 5.75 Å². The highest BCUT2D eigenvalue weighted by Crippen LogP contribution is 2.58. The fraction of sp³-hybridized carbons (Fsp3) is 0.492. The van der Waals surface area contributed by atoms with Gasteiger partial charge in [0.25, 0.3) is 0 Å². The Labute approximate surface area is 434 Å². The van der Waals surface area contributed by atoms with Crippen molar-refractivity contribution in [1.29, 1.82) is 0 Å². The zero-order valence-electron chi connectivity index (χ0n) is 43.6. The van der Waals surface area contributed by atoms with Crippen molar-refractivity contribution in [3.8, 4) is 16.9 Å². The number of carbonyl (C=O) groups excluding carboxylic acids is 2. The van der Waals surface area contributed by atoms with Crippen molar-refractivity contribution >= 4 is 45.9 Å².